The van der Waals surface area contributed by atoms with Gasteiger partial charge in [0.05, 0.1) is 18.3 Å². The normalized spacial score (nSPS) is 16.4. The second-order valence-electron chi connectivity index (χ2n) is 7.89. The molecule has 1 aliphatic rings. The number of ether oxygens (including phenoxy) is 2. The third-order valence-corrected chi connectivity index (χ3v) is 4.35. The first-order valence-electron chi connectivity index (χ1n) is 9.21. The predicted molar refractivity (Wildman–Crippen MR) is 103 cm³/mol. The zero-order valence-corrected chi connectivity index (χ0v) is 16.5. The quantitative estimate of drug-likeness (QED) is 0.865. The summed E-state index contributed by atoms with van der Waals surface area (Å²) in [5.74, 6) is -0.0242. The van der Waals surface area contributed by atoms with E-state index in [2.05, 4.69) is 4.98 Å². The van der Waals surface area contributed by atoms with Gasteiger partial charge in [-0.15, -0.1) is 0 Å². The third-order valence-electron chi connectivity index (χ3n) is 4.35. The molecule has 1 aliphatic heterocycles. The second kappa shape index (κ2) is 7.75. The van der Waals surface area contributed by atoms with Gasteiger partial charge in [0.15, 0.2) is 0 Å². The van der Waals surface area contributed by atoms with Gasteiger partial charge in [0.1, 0.15) is 23.7 Å². The molecule has 0 saturated carbocycles. The Morgan fingerprint density at radius 3 is 2.64 bits per heavy atom. The van der Waals surface area contributed by atoms with Gasteiger partial charge < -0.3 is 14.6 Å². The van der Waals surface area contributed by atoms with Crippen LogP contribution in [0.15, 0.2) is 30.3 Å². The van der Waals surface area contributed by atoms with Gasteiger partial charge in [0, 0.05) is 0 Å². The number of aromatic nitrogens is 1. The van der Waals surface area contributed by atoms with E-state index in [9.17, 15) is 14.3 Å². The molecule has 0 radical (unpaired) electrons. The molecule has 0 bridgehead atoms. The van der Waals surface area contributed by atoms with E-state index in [-0.39, 0.29) is 31.0 Å². The Morgan fingerprint density at radius 2 is 2.04 bits per heavy atom. The predicted octanol–water partition coefficient (Wildman–Crippen LogP) is 3.83. The number of rotatable bonds is 3. The van der Waals surface area contributed by atoms with Gasteiger partial charge in [-0.3, -0.25) is 4.90 Å². The number of aliphatic hydroxyl groups excluding tert-OH is 1. The van der Waals surface area contributed by atoms with E-state index < -0.39 is 11.7 Å². The lowest BCUT2D eigenvalue weighted by Crippen LogP contribution is -2.47. The summed E-state index contributed by atoms with van der Waals surface area (Å²) >= 11 is 0. The van der Waals surface area contributed by atoms with Crippen molar-refractivity contribution in [3.8, 4) is 5.88 Å². The number of pyridine rings is 1. The zero-order chi connectivity index (χ0) is 20.5. The summed E-state index contributed by atoms with van der Waals surface area (Å²) in [4.78, 5) is 18.7. The number of benzene rings is 1. The highest BCUT2D eigenvalue weighted by atomic mass is 19.1. The van der Waals surface area contributed by atoms with Crippen LogP contribution < -0.4 is 9.64 Å². The summed E-state index contributed by atoms with van der Waals surface area (Å²) in [6, 6.07) is 7.69. The van der Waals surface area contributed by atoms with Crippen molar-refractivity contribution in [1.82, 2.24) is 4.98 Å². The smallest absolute Gasteiger partial charge is 0.415 e. The first-order valence-corrected chi connectivity index (χ1v) is 9.21. The van der Waals surface area contributed by atoms with Crippen molar-refractivity contribution in [1.29, 1.82) is 0 Å². The summed E-state index contributed by atoms with van der Waals surface area (Å²) in [6.07, 6.45) is -0.0386. The first-order chi connectivity index (χ1) is 13.2. The van der Waals surface area contributed by atoms with E-state index in [0.29, 0.717) is 17.8 Å². The van der Waals surface area contributed by atoms with E-state index in [0.717, 1.165) is 11.1 Å². The third kappa shape index (κ3) is 4.42. The lowest BCUT2D eigenvalue weighted by Gasteiger charge is -2.36. The fourth-order valence-corrected chi connectivity index (χ4v) is 3.05. The van der Waals surface area contributed by atoms with Crippen molar-refractivity contribution in [2.75, 3.05) is 11.5 Å². The maximum atomic E-state index is 13.2. The minimum Gasteiger partial charge on any atom is -0.474 e. The van der Waals surface area contributed by atoms with Crippen LogP contribution >= 0.6 is 0 Å². The number of carbonyl (C=O) groups excluding carboxylic acids is 1. The highest BCUT2D eigenvalue weighted by molar-refractivity contribution is 5.90. The van der Waals surface area contributed by atoms with E-state index in [1.165, 1.54) is 17.0 Å². The maximum absolute atomic E-state index is 13.2. The molecular weight excluding hydrogens is 363 g/mol. The number of amides is 1. The van der Waals surface area contributed by atoms with Crippen LogP contribution in [0.25, 0.3) is 0 Å². The van der Waals surface area contributed by atoms with Crippen molar-refractivity contribution in [3.05, 3.63) is 53.0 Å². The monoisotopic (exact) mass is 388 g/mol. The molecule has 3 rings (SSSR count). The molecular formula is C21H25FN2O4. The highest BCUT2D eigenvalue weighted by Gasteiger charge is 2.34. The van der Waals surface area contributed by atoms with E-state index in [4.69, 9.17) is 9.47 Å². The van der Waals surface area contributed by atoms with Gasteiger partial charge in [-0.2, -0.15) is 0 Å². The molecule has 0 aliphatic carbocycles. The molecule has 7 heteroatoms. The van der Waals surface area contributed by atoms with Gasteiger partial charge in [-0.25, -0.2) is 14.2 Å². The fraction of sp³-hybridized carbons (Fsp3) is 0.429. The Hall–Kier alpha value is -2.67. The average molecular weight is 388 g/mol. The van der Waals surface area contributed by atoms with Crippen LogP contribution in [0.3, 0.4) is 0 Å². The highest BCUT2D eigenvalue weighted by Crippen LogP contribution is 2.36. The SMILES string of the molecule is C[C@H]1COc2nc(CO)c(Cc3ccc(F)cc3)cc2N1C(=O)OC(C)(C)C. The Balaban J connectivity index is 1.99. The Kier molecular flexibility index (Phi) is 5.56. The summed E-state index contributed by atoms with van der Waals surface area (Å²) in [7, 11) is 0. The minimum absolute atomic E-state index is 0.234. The molecule has 0 unspecified atom stereocenters. The molecule has 0 spiro atoms. The van der Waals surface area contributed by atoms with Gasteiger partial charge >= 0.3 is 6.09 Å². The Bertz CT molecular complexity index is 862. The number of hydrogen-bond acceptors (Lipinski definition) is 5. The largest absolute Gasteiger partial charge is 0.474 e. The number of aliphatic hydroxyl groups is 1. The topological polar surface area (TPSA) is 71.9 Å². The van der Waals surface area contributed by atoms with Gasteiger partial charge in [-0.05, 0) is 63.4 Å². The van der Waals surface area contributed by atoms with Crippen LogP contribution in [-0.2, 0) is 17.8 Å². The summed E-state index contributed by atoms with van der Waals surface area (Å²) in [6.45, 7) is 7.31. The molecule has 2 aromatic rings. The molecule has 0 saturated heterocycles. The molecule has 1 amide bonds. The van der Waals surface area contributed by atoms with E-state index in [1.807, 2.05) is 27.7 Å². The average Bonchev–Trinajstić information content (AvgIpc) is 2.61. The number of fused-ring (bicyclic) bond motifs is 1. The number of anilines is 1. The number of nitrogens with zero attached hydrogens (tertiary/aromatic N) is 2. The second-order valence-corrected chi connectivity index (χ2v) is 7.89. The van der Waals surface area contributed by atoms with Gasteiger partial charge in [-0.1, -0.05) is 12.1 Å². The number of halogens is 1. The first kappa shape index (κ1) is 20.1. The van der Waals surface area contributed by atoms with E-state index in [1.54, 1.807) is 18.2 Å². The summed E-state index contributed by atoms with van der Waals surface area (Å²) in [5.41, 5.74) is 1.93. The van der Waals surface area contributed by atoms with E-state index >= 15 is 0 Å². The molecule has 0 fully saturated rings. The fourth-order valence-electron chi connectivity index (χ4n) is 3.05. The standard InChI is InChI=1S/C21H25FN2O4/c1-13-12-27-19-18(24(13)20(26)28-21(2,3)4)10-15(17(11-25)23-19)9-14-5-7-16(22)8-6-14/h5-8,10,13,25H,9,11-12H2,1-4H3/t13-/m0/s1. The van der Waals surface area contributed by atoms with Crippen molar-refractivity contribution in [2.45, 2.75) is 52.4 Å². The van der Waals surface area contributed by atoms with Crippen LogP contribution in [0.2, 0.25) is 0 Å². The van der Waals surface area contributed by atoms with Crippen molar-refractivity contribution in [3.63, 3.8) is 0 Å². The Labute approximate surface area is 163 Å². The lowest BCUT2D eigenvalue weighted by molar-refractivity contribution is 0.0546. The molecule has 6 nitrogen and oxygen atoms in total. The van der Waals surface area contributed by atoms with Crippen molar-refractivity contribution < 1.29 is 23.8 Å². The zero-order valence-electron chi connectivity index (χ0n) is 16.5. The summed E-state index contributed by atoms with van der Waals surface area (Å²) < 4.78 is 24.4. The van der Waals surface area contributed by atoms with Crippen molar-refractivity contribution >= 4 is 11.8 Å². The number of hydrogen-bond donors (Lipinski definition) is 1. The molecule has 1 atom stereocenters. The number of carbonyl (C=O) groups is 1. The molecule has 1 aromatic heterocycles. The molecule has 2 heterocycles. The molecule has 1 aromatic carbocycles. The van der Waals surface area contributed by atoms with Crippen LogP contribution in [-0.4, -0.2) is 34.4 Å². The van der Waals surface area contributed by atoms with Gasteiger partial charge in [0.2, 0.25) is 5.88 Å². The van der Waals surface area contributed by atoms with Crippen molar-refractivity contribution in [2.24, 2.45) is 0 Å². The minimum atomic E-state index is -0.634. The Morgan fingerprint density at radius 1 is 1.36 bits per heavy atom. The lowest BCUT2D eigenvalue weighted by atomic mass is 10.0. The summed E-state index contributed by atoms with van der Waals surface area (Å²) in [5, 5.41) is 9.74. The van der Waals surface area contributed by atoms with Gasteiger partial charge in [0.25, 0.3) is 0 Å². The molecule has 150 valence electrons. The maximum Gasteiger partial charge on any atom is 0.415 e. The molecule has 1 N–H and O–H groups in total. The van der Waals surface area contributed by atoms with Crippen LogP contribution in [0.1, 0.15) is 44.5 Å². The molecule has 28 heavy (non-hydrogen) atoms. The van der Waals surface area contributed by atoms with Crippen LogP contribution in [0.4, 0.5) is 14.9 Å². The van der Waals surface area contributed by atoms with Crippen LogP contribution in [0.5, 0.6) is 5.88 Å². The van der Waals surface area contributed by atoms with Crippen LogP contribution in [0, 0.1) is 5.82 Å².